The zero-order chi connectivity index (χ0) is 25.8. The van der Waals surface area contributed by atoms with Crippen LogP contribution in [-0.4, -0.2) is 68.4 Å². The van der Waals surface area contributed by atoms with Crippen molar-refractivity contribution in [3.63, 3.8) is 0 Å². The Labute approximate surface area is 218 Å². The number of aliphatic hydroxyl groups is 1. The number of aliphatic carboxylic acids is 1. The molecule has 5 rings (SSSR count). The monoisotopic (exact) mass is 519 g/mol. The van der Waals surface area contributed by atoms with Crippen LogP contribution in [0.2, 0.25) is 0 Å². The fourth-order valence-corrected chi connectivity index (χ4v) is 5.33. The van der Waals surface area contributed by atoms with Gasteiger partial charge in [0.25, 0.3) is 0 Å². The molecule has 1 saturated heterocycles. The van der Waals surface area contributed by atoms with Gasteiger partial charge in [0.2, 0.25) is 5.88 Å². The molecule has 1 unspecified atom stereocenters. The predicted molar refractivity (Wildman–Crippen MR) is 144 cm³/mol. The summed E-state index contributed by atoms with van der Waals surface area (Å²) in [7, 11) is 1.55. The Hall–Kier alpha value is -3.44. The number of carboxylic acid groups (broad SMARTS) is 1. The molecule has 0 spiro atoms. The number of ether oxygens (including phenoxy) is 1. The van der Waals surface area contributed by atoms with Gasteiger partial charge in [0.15, 0.2) is 0 Å². The molecule has 2 aromatic carbocycles. The molecular formula is C27H29N5O4S. The third kappa shape index (κ3) is 5.94. The number of methoxy groups -OCH3 is 1. The van der Waals surface area contributed by atoms with E-state index in [1.807, 2.05) is 18.2 Å². The molecule has 4 aromatic rings. The van der Waals surface area contributed by atoms with Gasteiger partial charge in [0.1, 0.15) is 5.52 Å². The quantitative estimate of drug-likeness (QED) is 0.285. The first-order chi connectivity index (χ1) is 18.0. The van der Waals surface area contributed by atoms with Crippen molar-refractivity contribution in [2.45, 2.75) is 31.5 Å². The van der Waals surface area contributed by atoms with E-state index in [0.717, 1.165) is 59.7 Å². The van der Waals surface area contributed by atoms with Gasteiger partial charge in [-0.15, -0.1) is 5.10 Å². The van der Waals surface area contributed by atoms with Crippen LogP contribution in [0.25, 0.3) is 27.2 Å². The van der Waals surface area contributed by atoms with Gasteiger partial charge in [-0.1, -0.05) is 22.7 Å². The summed E-state index contributed by atoms with van der Waals surface area (Å²) < 4.78 is 10.4. The lowest BCUT2D eigenvalue weighted by Crippen LogP contribution is -2.43. The highest BCUT2D eigenvalue weighted by atomic mass is 32.1. The van der Waals surface area contributed by atoms with Crippen molar-refractivity contribution in [1.82, 2.24) is 24.8 Å². The number of nitrogens with one attached hydrogen (secondary N) is 1. The number of rotatable bonds is 9. The molecule has 0 amide bonds. The molecule has 9 nitrogen and oxygen atoms in total. The fraction of sp³-hybridized carbons (Fsp3) is 0.333. The minimum absolute atomic E-state index is 0.421. The highest BCUT2D eigenvalue weighted by Crippen LogP contribution is 2.30. The minimum Gasteiger partial charge on any atom is -0.481 e. The standard InChI is InChI=1S/C27H29N5O4S/c1-36-25-8-6-20-18(4-9-26(34)35)3-5-21(27(20)29-25)23(33)16-32-12-10-19(11-13-32)28-15-17-2-7-24-22(14-17)30-31-37-24/h2-9,14,19,23,28,33H,10-13,15-16H2,1H3,(H,34,35)/b9-4+. The number of pyridine rings is 1. The molecule has 3 heterocycles. The van der Waals surface area contributed by atoms with Crippen LogP contribution in [0.1, 0.15) is 35.6 Å². The number of hydrogen-bond acceptors (Lipinski definition) is 9. The molecular weight excluding hydrogens is 490 g/mol. The summed E-state index contributed by atoms with van der Waals surface area (Å²) in [5.41, 5.74) is 4.19. The van der Waals surface area contributed by atoms with Crippen LogP contribution in [0.15, 0.2) is 48.5 Å². The highest BCUT2D eigenvalue weighted by molar-refractivity contribution is 7.12. The maximum atomic E-state index is 11.2. The highest BCUT2D eigenvalue weighted by Gasteiger charge is 2.23. The second-order valence-electron chi connectivity index (χ2n) is 9.21. The molecule has 0 radical (unpaired) electrons. The van der Waals surface area contributed by atoms with E-state index in [1.54, 1.807) is 19.3 Å². The molecule has 1 fully saturated rings. The average molecular weight is 520 g/mol. The number of carbonyl (C=O) groups is 1. The predicted octanol–water partition coefficient (Wildman–Crippen LogP) is 3.63. The number of carboxylic acids is 1. The number of aromatic nitrogens is 3. The van der Waals surface area contributed by atoms with E-state index in [4.69, 9.17) is 9.84 Å². The van der Waals surface area contributed by atoms with Crippen LogP contribution < -0.4 is 10.1 Å². The van der Waals surface area contributed by atoms with E-state index in [0.29, 0.717) is 29.5 Å². The van der Waals surface area contributed by atoms with Gasteiger partial charge in [-0.05, 0) is 72.9 Å². The number of likely N-dealkylation sites (tertiary alicyclic amines) is 1. The van der Waals surface area contributed by atoms with Gasteiger partial charge in [0, 0.05) is 42.2 Å². The van der Waals surface area contributed by atoms with E-state index < -0.39 is 12.1 Å². The van der Waals surface area contributed by atoms with E-state index >= 15 is 0 Å². The lowest BCUT2D eigenvalue weighted by molar-refractivity contribution is -0.131. The van der Waals surface area contributed by atoms with Crippen molar-refractivity contribution < 1.29 is 19.7 Å². The van der Waals surface area contributed by atoms with Crippen LogP contribution in [0, 0.1) is 0 Å². The van der Waals surface area contributed by atoms with E-state index in [9.17, 15) is 9.90 Å². The number of hydrogen-bond donors (Lipinski definition) is 3. The summed E-state index contributed by atoms with van der Waals surface area (Å²) in [5, 5.41) is 28.8. The van der Waals surface area contributed by atoms with Crippen molar-refractivity contribution in [2.75, 3.05) is 26.7 Å². The minimum atomic E-state index is -1.02. The van der Waals surface area contributed by atoms with E-state index in [-0.39, 0.29) is 0 Å². The zero-order valence-electron chi connectivity index (χ0n) is 20.5. The third-order valence-corrected chi connectivity index (χ3v) is 7.50. The number of β-amino-alcohol motifs (C(OH)–C–C–N with tert-alkyl or cyclic N) is 1. The van der Waals surface area contributed by atoms with Gasteiger partial charge in [-0.25, -0.2) is 9.78 Å². The van der Waals surface area contributed by atoms with Gasteiger partial charge >= 0.3 is 5.97 Å². The van der Waals surface area contributed by atoms with Gasteiger partial charge in [-0.2, -0.15) is 0 Å². The molecule has 0 bridgehead atoms. The first kappa shape index (κ1) is 25.2. The molecule has 0 saturated carbocycles. The Morgan fingerprint density at radius 3 is 2.86 bits per heavy atom. The Kier molecular flexibility index (Phi) is 7.71. The van der Waals surface area contributed by atoms with Crippen LogP contribution in [0.4, 0.5) is 0 Å². The maximum Gasteiger partial charge on any atom is 0.328 e. The van der Waals surface area contributed by atoms with Gasteiger partial charge in [-0.3, -0.25) is 0 Å². The van der Waals surface area contributed by atoms with Crippen LogP contribution in [-0.2, 0) is 11.3 Å². The number of nitrogens with zero attached hydrogens (tertiary/aromatic N) is 4. The topological polar surface area (TPSA) is 121 Å². The Morgan fingerprint density at radius 1 is 1.24 bits per heavy atom. The number of benzene rings is 2. The lowest BCUT2D eigenvalue weighted by atomic mass is 9.98. The molecule has 1 aliphatic rings. The number of fused-ring (bicyclic) bond motifs is 2. The molecule has 37 heavy (non-hydrogen) atoms. The zero-order valence-corrected chi connectivity index (χ0v) is 21.3. The SMILES string of the molecule is COc1ccc2c(/C=C/C(=O)O)ccc(C(O)CN3CCC(NCc4ccc5snnc5c4)CC3)c2n1. The summed E-state index contributed by atoms with van der Waals surface area (Å²) in [6.45, 7) is 3.07. The molecule has 1 aliphatic heterocycles. The summed E-state index contributed by atoms with van der Waals surface area (Å²) in [6, 6.07) is 13.9. The summed E-state index contributed by atoms with van der Waals surface area (Å²) >= 11 is 1.41. The average Bonchev–Trinajstić information content (AvgIpc) is 3.39. The second-order valence-corrected chi connectivity index (χ2v) is 10.00. The van der Waals surface area contributed by atoms with E-state index in [2.05, 4.69) is 43.0 Å². The Balaban J connectivity index is 1.21. The van der Waals surface area contributed by atoms with Crippen LogP contribution >= 0.6 is 11.5 Å². The third-order valence-electron chi connectivity index (χ3n) is 6.79. The van der Waals surface area contributed by atoms with Crippen LogP contribution in [0.5, 0.6) is 5.88 Å². The molecule has 10 heteroatoms. The van der Waals surface area contributed by atoms with Crippen molar-refractivity contribution in [3.8, 4) is 5.88 Å². The maximum absolute atomic E-state index is 11.2. The first-order valence-electron chi connectivity index (χ1n) is 12.2. The number of aliphatic hydroxyl groups excluding tert-OH is 1. The summed E-state index contributed by atoms with van der Waals surface area (Å²) in [5.74, 6) is -0.577. The summed E-state index contributed by atoms with van der Waals surface area (Å²) in [6.07, 6.45) is 3.90. The van der Waals surface area contributed by atoms with Gasteiger partial charge in [0.05, 0.1) is 23.4 Å². The van der Waals surface area contributed by atoms with Crippen molar-refractivity contribution in [1.29, 1.82) is 0 Å². The van der Waals surface area contributed by atoms with Crippen LogP contribution in [0.3, 0.4) is 0 Å². The van der Waals surface area contributed by atoms with E-state index in [1.165, 1.54) is 17.1 Å². The van der Waals surface area contributed by atoms with Crippen molar-refractivity contribution in [3.05, 3.63) is 65.2 Å². The summed E-state index contributed by atoms with van der Waals surface area (Å²) in [4.78, 5) is 17.9. The van der Waals surface area contributed by atoms with Crippen molar-refractivity contribution >= 4 is 44.7 Å². The molecule has 192 valence electrons. The Morgan fingerprint density at radius 2 is 2.08 bits per heavy atom. The lowest BCUT2D eigenvalue weighted by Gasteiger charge is -2.33. The first-order valence-corrected chi connectivity index (χ1v) is 13.0. The number of piperidine rings is 1. The fourth-order valence-electron chi connectivity index (χ4n) is 4.79. The molecule has 3 N–H and O–H groups in total. The van der Waals surface area contributed by atoms with Crippen molar-refractivity contribution in [2.24, 2.45) is 0 Å². The smallest absolute Gasteiger partial charge is 0.328 e. The van der Waals surface area contributed by atoms with Gasteiger partial charge < -0.3 is 25.2 Å². The molecule has 0 aliphatic carbocycles. The second kappa shape index (κ2) is 11.3. The Bertz CT molecular complexity index is 1430. The molecule has 2 aromatic heterocycles. The largest absolute Gasteiger partial charge is 0.481 e. The normalized spacial score (nSPS) is 16.1. The molecule has 1 atom stereocenters.